The Balaban J connectivity index is 1.51. The lowest BCUT2D eigenvalue weighted by atomic mass is 10.1. The summed E-state index contributed by atoms with van der Waals surface area (Å²) in [5.74, 6) is 0.237. The molecule has 5 nitrogen and oxygen atoms in total. The van der Waals surface area contributed by atoms with Crippen LogP contribution in [0.2, 0.25) is 5.02 Å². The molecule has 0 radical (unpaired) electrons. The molecule has 2 heterocycles. The highest BCUT2D eigenvalue weighted by Gasteiger charge is 2.21. The highest BCUT2D eigenvalue weighted by Crippen LogP contribution is 2.22. The van der Waals surface area contributed by atoms with E-state index in [4.69, 9.17) is 16.7 Å². The second kappa shape index (κ2) is 8.01. The van der Waals surface area contributed by atoms with Crippen LogP contribution in [0.25, 0.3) is 23.5 Å². The van der Waals surface area contributed by atoms with Crippen molar-refractivity contribution in [1.82, 2.24) is 14.9 Å². The van der Waals surface area contributed by atoms with Crippen molar-refractivity contribution in [2.45, 2.75) is 13.0 Å². The van der Waals surface area contributed by atoms with E-state index in [9.17, 15) is 9.18 Å². The number of hydrogen-bond donors (Lipinski definition) is 1. The number of halogens is 2. The van der Waals surface area contributed by atoms with Gasteiger partial charge in [-0.05, 0) is 17.7 Å². The standard InChI is InChI=1S/C22H17ClFN3O2/c23-18-8-7-15(19(24)11-18)4-1-14-2-5-16(6-3-14)21-25-12-17-13-27(22(28)29)10-9-20(17)26-21/h1-8,11-12H,9-10,13H2,(H,28,29). The minimum Gasteiger partial charge on any atom is -0.465 e. The number of amides is 1. The predicted molar refractivity (Wildman–Crippen MR) is 110 cm³/mol. The fourth-order valence-electron chi connectivity index (χ4n) is 3.18. The summed E-state index contributed by atoms with van der Waals surface area (Å²) in [5.41, 5.74) is 3.97. The molecule has 4 rings (SSSR count). The van der Waals surface area contributed by atoms with Gasteiger partial charge in [-0.2, -0.15) is 0 Å². The molecule has 2 aromatic carbocycles. The van der Waals surface area contributed by atoms with Gasteiger partial charge in [0.05, 0.1) is 12.2 Å². The topological polar surface area (TPSA) is 66.3 Å². The van der Waals surface area contributed by atoms with Crippen molar-refractivity contribution < 1.29 is 14.3 Å². The Hall–Kier alpha value is -3.25. The normalized spacial score (nSPS) is 13.5. The van der Waals surface area contributed by atoms with Gasteiger partial charge in [-0.3, -0.25) is 0 Å². The van der Waals surface area contributed by atoms with Gasteiger partial charge in [0.2, 0.25) is 0 Å². The number of rotatable bonds is 3. The Labute approximate surface area is 172 Å². The van der Waals surface area contributed by atoms with Gasteiger partial charge >= 0.3 is 6.09 Å². The molecule has 146 valence electrons. The fraction of sp³-hybridized carbons (Fsp3) is 0.136. The van der Waals surface area contributed by atoms with E-state index in [0.29, 0.717) is 35.9 Å². The second-order valence-electron chi connectivity index (χ2n) is 6.74. The Morgan fingerprint density at radius 3 is 2.69 bits per heavy atom. The first kappa shape index (κ1) is 19.1. The number of fused-ring (bicyclic) bond motifs is 1. The van der Waals surface area contributed by atoms with Crippen LogP contribution in [0.4, 0.5) is 9.18 Å². The summed E-state index contributed by atoms with van der Waals surface area (Å²) in [5, 5.41) is 9.48. The molecule has 29 heavy (non-hydrogen) atoms. The lowest BCUT2D eigenvalue weighted by Gasteiger charge is -2.25. The average molecular weight is 410 g/mol. The quantitative estimate of drug-likeness (QED) is 0.608. The fourth-order valence-corrected chi connectivity index (χ4v) is 3.34. The predicted octanol–water partition coefficient (Wildman–Crippen LogP) is 5.14. The van der Waals surface area contributed by atoms with Crippen LogP contribution in [0.15, 0.2) is 48.7 Å². The van der Waals surface area contributed by atoms with E-state index in [1.807, 2.05) is 30.3 Å². The van der Waals surface area contributed by atoms with Crippen LogP contribution in [-0.2, 0) is 13.0 Å². The summed E-state index contributed by atoms with van der Waals surface area (Å²) in [6.07, 6.45) is 4.87. The summed E-state index contributed by atoms with van der Waals surface area (Å²) < 4.78 is 13.9. The number of nitrogens with zero attached hydrogens (tertiary/aromatic N) is 3. The monoisotopic (exact) mass is 409 g/mol. The molecule has 1 amide bonds. The summed E-state index contributed by atoms with van der Waals surface area (Å²) in [6.45, 7) is 0.750. The van der Waals surface area contributed by atoms with Crippen molar-refractivity contribution in [1.29, 1.82) is 0 Å². The molecule has 0 fully saturated rings. The molecule has 1 N–H and O–H groups in total. The van der Waals surface area contributed by atoms with Crippen molar-refractivity contribution in [3.8, 4) is 11.4 Å². The maximum atomic E-state index is 13.9. The maximum Gasteiger partial charge on any atom is 0.407 e. The van der Waals surface area contributed by atoms with E-state index in [1.54, 1.807) is 24.4 Å². The van der Waals surface area contributed by atoms with E-state index in [0.717, 1.165) is 22.4 Å². The summed E-state index contributed by atoms with van der Waals surface area (Å²) in [6, 6.07) is 12.2. The van der Waals surface area contributed by atoms with Gasteiger partial charge in [-0.15, -0.1) is 0 Å². The minimum atomic E-state index is -0.929. The van der Waals surface area contributed by atoms with Crippen molar-refractivity contribution in [2.24, 2.45) is 0 Å². The van der Waals surface area contributed by atoms with Gasteiger partial charge in [0.1, 0.15) is 5.82 Å². The number of carbonyl (C=O) groups is 1. The van der Waals surface area contributed by atoms with Crippen LogP contribution in [0.1, 0.15) is 22.4 Å². The molecular formula is C22H17ClFN3O2. The van der Waals surface area contributed by atoms with E-state index < -0.39 is 6.09 Å². The molecule has 1 aliphatic heterocycles. The van der Waals surface area contributed by atoms with Crippen LogP contribution < -0.4 is 0 Å². The van der Waals surface area contributed by atoms with Gasteiger partial charge in [-0.25, -0.2) is 19.2 Å². The molecule has 7 heteroatoms. The van der Waals surface area contributed by atoms with E-state index in [-0.39, 0.29) is 5.82 Å². The average Bonchev–Trinajstić information content (AvgIpc) is 2.72. The maximum absolute atomic E-state index is 13.9. The largest absolute Gasteiger partial charge is 0.465 e. The first-order valence-corrected chi connectivity index (χ1v) is 9.43. The number of aromatic nitrogens is 2. The Bertz CT molecular complexity index is 1100. The zero-order chi connectivity index (χ0) is 20.4. The molecule has 0 atom stereocenters. The van der Waals surface area contributed by atoms with Gasteiger partial charge in [0.25, 0.3) is 0 Å². The molecule has 0 bridgehead atoms. The van der Waals surface area contributed by atoms with Crippen LogP contribution in [0, 0.1) is 5.82 Å². The molecule has 0 aliphatic carbocycles. The van der Waals surface area contributed by atoms with Gasteiger partial charge in [-0.1, -0.05) is 54.1 Å². The minimum absolute atomic E-state index is 0.315. The van der Waals surface area contributed by atoms with E-state index in [1.165, 1.54) is 11.0 Å². The zero-order valence-corrected chi connectivity index (χ0v) is 16.1. The van der Waals surface area contributed by atoms with Crippen LogP contribution in [0.5, 0.6) is 0 Å². The number of hydrogen-bond acceptors (Lipinski definition) is 3. The Morgan fingerprint density at radius 2 is 1.97 bits per heavy atom. The highest BCUT2D eigenvalue weighted by atomic mass is 35.5. The lowest BCUT2D eigenvalue weighted by molar-refractivity contribution is 0.139. The third-order valence-corrected chi connectivity index (χ3v) is 5.03. The van der Waals surface area contributed by atoms with Gasteiger partial charge in [0.15, 0.2) is 5.82 Å². The lowest BCUT2D eigenvalue weighted by Crippen LogP contribution is -2.35. The van der Waals surface area contributed by atoms with Crippen LogP contribution >= 0.6 is 11.6 Å². The van der Waals surface area contributed by atoms with Crippen molar-refractivity contribution in [3.63, 3.8) is 0 Å². The second-order valence-corrected chi connectivity index (χ2v) is 7.18. The Morgan fingerprint density at radius 1 is 1.17 bits per heavy atom. The van der Waals surface area contributed by atoms with Crippen molar-refractivity contribution in [3.05, 3.63) is 81.9 Å². The third kappa shape index (κ3) is 4.27. The van der Waals surface area contributed by atoms with Crippen molar-refractivity contribution in [2.75, 3.05) is 6.54 Å². The molecule has 0 saturated heterocycles. The first-order chi connectivity index (χ1) is 14.0. The molecular weight excluding hydrogens is 393 g/mol. The van der Waals surface area contributed by atoms with Crippen molar-refractivity contribution >= 4 is 29.8 Å². The highest BCUT2D eigenvalue weighted by molar-refractivity contribution is 6.30. The molecule has 0 unspecified atom stereocenters. The summed E-state index contributed by atoms with van der Waals surface area (Å²) in [4.78, 5) is 21.5. The van der Waals surface area contributed by atoms with Gasteiger partial charge in [0, 0.05) is 40.9 Å². The van der Waals surface area contributed by atoms with E-state index in [2.05, 4.69) is 9.97 Å². The Kier molecular flexibility index (Phi) is 5.27. The van der Waals surface area contributed by atoms with Crippen LogP contribution in [-0.4, -0.2) is 32.6 Å². The molecule has 0 spiro atoms. The number of carboxylic acid groups (broad SMARTS) is 1. The first-order valence-electron chi connectivity index (χ1n) is 9.06. The smallest absolute Gasteiger partial charge is 0.407 e. The molecule has 1 aromatic heterocycles. The summed E-state index contributed by atoms with van der Waals surface area (Å²) in [7, 11) is 0. The van der Waals surface area contributed by atoms with Gasteiger partial charge < -0.3 is 10.0 Å². The molecule has 3 aromatic rings. The van der Waals surface area contributed by atoms with Crippen LogP contribution in [0.3, 0.4) is 0 Å². The zero-order valence-electron chi connectivity index (χ0n) is 15.3. The third-order valence-electron chi connectivity index (χ3n) is 4.79. The summed E-state index contributed by atoms with van der Waals surface area (Å²) >= 11 is 5.77. The van der Waals surface area contributed by atoms with E-state index >= 15 is 0 Å². The molecule has 0 saturated carbocycles. The SMILES string of the molecule is O=C(O)N1CCc2nc(-c3ccc(C=Cc4ccc(Cl)cc4F)cc3)ncc2C1. The molecule has 1 aliphatic rings. The number of benzene rings is 2.